The van der Waals surface area contributed by atoms with E-state index in [1.807, 2.05) is 18.2 Å². The second-order valence-corrected chi connectivity index (χ2v) is 6.90. The molecule has 0 aliphatic carbocycles. The van der Waals surface area contributed by atoms with Gasteiger partial charge in [-0.2, -0.15) is 5.26 Å². The first kappa shape index (κ1) is 16.3. The number of pyridine rings is 1. The minimum absolute atomic E-state index is 0.439. The van der Waals surface area contributed by atoms with E-state index >= 15 is 0 Å². The van der Waals surface area contributed by atoms with Crippen molar-refractivity contribution in [3.05, 3.63) is 90.4 Å². The molecule has 0 radical (unpaired) electrons. The zero-order valence-corrected chi connectivity index (χ0v) is 16.3. The number of amides is 2. The highest BCUT2D eigenvalue weighted by molar-refractivity contribution is 6.05. The average molecular weight is 408 g/mol. The lowest BCUT2D eigenvalue weighted by Gasteiger charge is -2.10. The number of carbonyl (C=O) groups is 1. The van der Waals surface area contributed by atoms with Gasteiger partial charge < -0.3 is 20.2 Å². The van der Waals surface area contributed by atoms with E-state index in [0.717, 1.165) is 0 Å². The molecule has 3 aromatic heterocycles. The summed E-state index contributed by atoms with van der Waals surface area (Å²) in [5.74, 6) is 0. The molecule has 0 aliphatic heterocycles. The monoisotopic (exact) mass is 408 g/mol. The van der Waals surface area contributed by atoms with Gasteiger partial charge in [0, 0.05) is 41.5 Å². The van der Waals surface area contributed by atoms with Gasteiger partial charge in [-0.05, 0) is 60.2 Å². The largest absolute Gasteiger partial charge is 0.346 e. The molecule has 5 aromatic rings. The Morgan fingerprint density at radius 1 is 1.10 bits per heavy atom. The number of nitrogens with one attached hydrogen (secondary N) is 3. The van der Waals surface area contributed by atoms with Crippen LogP contribution in [0.15, 0.2) is 79.3 Å². The van der Waals surface area contributed by atoms with Gasteiger partial charge in [0.2, 0.25) is 0 Å². The molecule has 0 saturated heterocycles. The summed E-state index contributed by atoms with van der Waals surface area (Å²) >= 11 is 0. The Kier molecular flexibility index (Phi) is 4.03. The molecular weight excluding hydrogens is 388 g/mol. The quantitative estimate of drug-likeness (QED) is 0.387. The second-order valence-electron chi connectivity index (χ2n) is 6.90. The molecule has 0 spiro atoms. The normalized spacial score (nSPS) is 12.2. The van der Waals surface area contributed by atoms with Crippen LogP contribution < -0.4 is 10.6 Å². The predicted molar refractivity (Wildman–Crippen MR) is 121 cm³/mol. The molecule has 0 fully saturated rings. The minimum atomic E-state index is -1.85. The van der Waals surface area contributed by atoms with E-state index in [0.29, 0.717) is 44.4 Å². The highest BCUT2D eigenvalue weighted by Crippen LogP contribution is 2.26. The summed E-state index contributed by atoms with van der Waals surface area (Å²) < 4.78 is 19.3. The third kappa shape index (κ3) is 3.58. The number of benzene rings is 2. The summed E-state index contributed by atoms with van der Waals surface area (Å²) in [5, 5.41) is 15.9. The van der Waals surface area contributed by atoms with Crippen LogP contribution in [0.3, 0.4) is 0 Å². The first-order valence-corrected chi connectivity index (χ1v) is 9.59. The van der Waals surface area contributed by atoms with E-state index in [1.54, 1.807) is 71.7 Å². The maximum atomic E-state index is 12.5. The maximum Gasteiger partial charge on any atom is 0.323 e. The molecule has 7 nitrogen and oxygen atoms in total. The van der Waals surface area contributed by atoms with Crippen LogP contribution in [0.25, 0.3) is 21.9 Å². The van der Waals surface area contributed by atoms with Gasteiger partial charge in [0.1, 0.15) is 5.65 Å². The van der Waals surface area contributed by atoms with Gasteiger partial charge in [-0.1, -0.05) is 6.07 Å². The Bertz CT molecular complexity index is 1530. The number of H-pyrrole nitrogens is 1. The van der Waals surface area contributed by atoms with Crippen molar-refractivity contribution in [2.45, 2.75) is 6.50 Å². The Hall–Kier alpha value is -4.57. The van der Waals surface area contributed by atoms with Crippen molar-refractivity contribution in [2.24, 2.45) is 0 Å². The van der Waals surface area contributed by atoms with Crippen molar-refractivity contribution in [1.29, 1.82) is 5.26 Å². The zero-order chi connectivity index (χ0) is 23.0. The molecule has 7 heteroatoms. The first-order valence-electron chi connectivity index (χ1n) is 10.6. The molecule has 0 saturated carbocycles. The van der Waals surface area contributed by atoms with Gasteiger partial charge in [0.15, 0.2) is 0 Å². The fourth-order valence-electron chi connectivity index (χ4n) is 3.48. The van der Waals surface area contributed by atoms with E-state index < -0.39 is 12.5 Å². The number of aromatic nitrogens is 3. The number of fused-ring (bicyclic) bond motifs is 2. The van der Waals surface area contributed by atoms with Crippen molar-refractivity contribution < 1.29 is 7.54 Å². The summed E-state index contributed by atoms with van der Waals surface area (Å²) in [5.41, 5.74) is 3.36. The first-order chi connectivity index (χ1) is 16.0. The maximum absolute atomic E-state index is 12.5. The summed E-state index contributed by atoms with van der Waals surface area (Å²) in [6, 6.07) is 18.8. The second kappa shape index (κ2) is 7.69. The molecule has 2 aromatic carbocycles. The molecule has 0 unspecified atom stereocenters. The number of anilines is 2. The predicted octanol–water partition coefficient (Wildman–Crippen LogP) is 5.08. The van der Waals surface area contributed by atoms with Gasteiger partial charge in [0.05, 0.1) is 25.6 Å². The summed E-state index contributed by atoms with van der Waals surface area (Å²) in [6.45, 7) is -1.85. The molecule has 2 amide bonds. The summed E-state index contributed by atoms with van der Waals surface area (Å²) in [4.78, 5) is 19.8. The van der Waals surface area contributed by atoms with Crippen LogP contribution in [-0.2, 0) is 6.50 Å². The molecule has 5 rings (SSSR count). The molecule has 31 heavy (non-hydrogen) atoms. The molecule has 3 heterocycles. The Labute approximate surface area is 180 Å². The number of aromatic amines is 1. The molecule has 0 atom stereocenters. The fraction of sp³-hybridized carbons (Fsp3) is 0.0417. The number of nitriles is 1. The molecular formula is C24H18N6O. The van der Waals surface area contributed by atoms with Crippen LogP contribution >= 0.6 is 0 Å². The van der Waals surface area contributed by atoms with Crippen molar-refractivity contribution in [3.63, 3.8) is 0 Å². The smallest absolute Gasteiger partial charge is 0.323 e. The van der Waals surface area contributed by atoms with Gasteiger partial charge in [-0.15, -0.1) is 0 Å². The zero-order valence-electron chi connectivity index (χ0n) is 18.3. The summed E-state index contributed by atoms with van der Waals surface area (Å²) in [7, 11) is 0. The van der Waals surface area contributed by atoms with Crippen molar-refractivity contribution >= 4 is 39.3 Å². The minimum Gasteiger partial charge on any atom is -0.346 e. The highest BCUT2D eigenvalue weighted by atomic mass is 16.2. The number of hydrogen-bond acceptors (Lipinski definition) is 3. The molecule has 3 N–H and O–H groups in total. The Morgan fingerprint density at radius 2 is 1.97 bits per heavy atom. The standard InChI is InChI=1S/C24H18N6O/c25-14-16-4-6-18(7-5-16)28-24(31)29-21-2-1-3-22-20(21)10-13-30(22)15-17-8-11-26-23-19(17)9-12-27-23/h1-13H,15H2,(H,26,27)(H2,28,29,31)/i15D2. The van der Waals surface area contributed by atoms with Gasteiger partial charge in [-0.25, -0.2) is 9.78 Å². The van der Waals surface area contributed by atoms with Gasteiger partial charge >= 0.3 is 6.03 Å². The topological polar surface area (TPSA) is 98.5 Å². The lowest BCUT2D eigenvalue weighted by atomic mass is 10.2. The van der Waals surface area contributed by atoms with Crippen LogP contribution in [-0.4, -0.2) is 20.6 Å². The number of carbonyl (C=O) groups excluding carboxylic acids is 1. The van der Waals surface area contributed by atoms with Crippen LogP contribution in [0.1, 0.15) is 13.9 Å². The highest BCUT2D eigenvalue weighted by Gasteiger charge is 2.11. The lowest BCUT2D eigenvalue weighted by molar-refractivity contribution is 0.262. The SMILES string of the molecule is [2H]C([2H])(c1ccnc2[nH]ccc12)n1ccc2c(NC(=O)Nc3ccc(C#N)cc3)cccc21. The van der Waals surface area contributed by atoms with E-state index in [2.05, 4.69) is 20.6 Å². The van der Waals surface area contributed by atoms with E-state index in [1.165, 1.54) is 0 Å². The van der Waals surface area contributed by atoms with Crippen LogP contribution in [0, 0.1) is 11.3 Å². The van der Waals surface area contributed by atoms with Crippen molar-refractivity contribution in [3.8, 4) is 6.07 Å². The van der Waals surface area contributed by atoms with Crippen LogP contribution in [0.2, 0.25) is 0 Å². The number of urea groups is 1. The molecule has 0 aliphatic rings. The van der Waals surface area contributed by atoms with Crippen LogP contribution in [0.4, 0.5) is 16.2 Å². The van der Waals surface area contributed by atoms with E-state index in [9.17, 15) is 4.79 Å². The van der Waals surface area contributed by atoms with E-state index in [-0.39, 0.29) is 0 Å². The molecule has 0 bridgehead atoms. The Balaban J connectivity index is 1.46. The van der Waals surface area contributed by atoms with Gasteiger partial charge in [-0.3, -0.25) is 0 Å². The van der Waals surface area contributed by atoms with Crippen LogP contribution in [0.5, 0.6) is 0 Å². The summed E-state index contributed by atoms with van der Waals surface area (Å²) in [6.07, 6.45) is 4.99. The lowest BCUT2D eigenvalue weighted by Crippen LogP contribution is -2.19. The van der Waals surface area contributed by atoms with E-state index in [4.69, 9.17) is 8.00 Å². The number of rotatable bonds is 4. The number of nitrogens with zero attached hydrogens (tertiary/aromatic N) is 3. The number of hydrogen-bond donors (Lipinski definition) is 3. The van der Waals surface area contributed by atoms with Gasteiger partial charge in [0.25, 0.3) is 0 Å². The molecule has 150 valence electrons. The third-order valence-corrected chi connectivity index (χ3v) is 4.95. The van der Waals surface area contributed by atoms with Crippen molar-refractivity contribution in [1.82, 2.24) is 14.5 Å². The average Bonchev–Trinajstić information content (AvgIpc) is 3.47. The fourth-order valence-corrected chi connectivity index (χ4v) is 3.48. The third-order valence-electron chi connectivity index (χ3n) is 4.95. The Morgan fingerprint density at radius 3 is 2.81 bits per heavy atom. The van der Waals surface area contributed by atoms with Crippen molar-refractivity contribution in [2.75, 3.05) is 10.6 Å².